The van der Waals surface area contributed by atoms with Crippen LogP contribution in [-0.4, -0.2) is 23.9 Å². The molecule has 0 spiro atoms. The number of nitrogens with one attached hydrogen (secondary N) is 3. The molecule has 0 unspecified atom stereocenters. The van der Waals surface area contributed by atoms with Crippen molar-refractivity contribution in [2.75, 3.05) is 7.05 Å². The van der Waals surface area contributed by atoms with Gasteiger partial charge >= 0.3 is 0 Å². The molecule has 0 saturated heterocycles. The molecule has 1 heterocycles. The minimum atomic E-state index is -0.242. The zero-order valence-electron chi connectivity index (χ0n) is 9.53. The third-order valence-electron chi connectivity index (χ3n) is 2.32. The lowest BCUT2D eigenvalue weighted by molar-refractivity contribution is 0.0972. The Balaban J connectivity index is 0.00000162. The molecule has 7 heteroatoms. The molecule has 1 aromatic carbocycles. The molecule has 1 amide bonds. The highest BCUT2D eigenvalue weighted by Crippen LogP contribution is 2.14. The Morgan fingerprint density at radius 3 is 2.72 bits per heavy atom. The maximum Gasteiger partial charge on any atom is 0.274 e. The number of carbonyl (C=O) groups excluding carboxylic acids is 1. The first-order chi connectivity index (χ1) is 8.24. The van der Waals surface area contributed by atoms with E-state index in [2.05, 4.69) is 35.8 Å². The van der Waals surface area contributed by atoms with Crippen LogP contribution in [0, 0.1) is 0 Å². The van der Waals surface area contributed by atoms with Crippen molar-refractivity contribution in [1.82, 2.24) is 14.6 Å². The number of aliphatic imine (C=N–C) groups is 1. The van der Waals surface area contributed by atoms with Crippen molar-refractivity contribution >= 4 is 51.3 Å². The van der Waals surface area contributed by atoms with E-state index in [0.29, 0.717) is 11.7 Å². The van der Waals surface area contributed by atoms with Gasteiger partial charge in [0, 0.05) is 34.1 Å². The zero-order valence-corrected chi connectivity index (χ0v) is 11.9. The molecule has 0 atom stereocenters. The minimum absolute atomic E-state index is 0. The summed E-state index contributed by atoms with van der Waals surface area (Å²) in [4.78, 5) is 18.7. The summed E-state index contributed by atoms with van der Waals surface area (Å²) in [5.41, 5.74) is 1.43. The third kappa shape index (κ3) is 3.02. The number of H-pyrrole nitrogens is 1. The Morgan fingerprint density at radius 2 is 2.11 bits per heavy atom. The second-order valence-corrected chi connectivity index (χ2v) is 3.79. The molecule has 18 heavy (non-hydrogen) atoms. The molecule has 0 fully saturated rings. The SMILES string of the molecule is CN=C(NBr)NC(=O)c1cc2ccccc2[nH]1.Cl. The van der Waals surface area contributed by atoms with Gasteiger partial charge in [0.1, 0.15) is 5.69 Å². The average Bonchev–Trinajstić information content (AvgIpc) is 2.79. The summed E-state index contributed by atoms with van der Waals surface area (Å²) in [6.07, 6.45) is 0. The van der Waals surface area contributed by atoms with E-state index in [1.54, 1.807) is 13.1 Å². The van der Waals surface area contributed by atoms with Crippen molar-refractivity contribution in [2.24, 2.45) is 4.99 Å². The van der Waals surface area contributed by atoms with E-state index in [0.717, 1.165) is 10.9 Å². The van der Waals surface area contributed by atoms with Crippen LogP contribution >= 0.6 is 28.6 Å². The number of halogens is 2. The van der Waals surface area contributed by atoms with Gasteiger partial charge in [-0.1, -0.05) is 18.2 Å². The van der Waals surface area contributed by atoms with Crippen molar-refractivity contribution < 1.29 is 4.79 Å². The maximum atomic E-state index is 11.9. The number of nitrogens with zero attached hydrogens (tertiary/aromatic N) is 1. The van der Waals surface area contributed by atoms with Gasteiger partial charge in [-0.2, -0.15) is 0 Å². The van der Waals surface area contributed by atoms with Gasteiger partial charge in [0.05, 0.1) is 0 Å². The monoisotopic (exact) mass is 330 g/mol. The first-order valence-electron chi connectivity index (χ1n) is 4.97. The van der Waals surface area contributed by atoms with Gasteiger partial charge in [-0.15, -0.1) is 12.4 Å². The number of hydrogen-bond acceptors (Lipinski definition) is 2. The highest BCUT2D eigenvalue weighted by Gasteiger charge is 2.10. The van der Waals surface area contributed by atoms with Gasteiger partial charge in [-0.3, -0.25) is 19.4 Å². The lowest BCUT2D eigenvalue weighted by Crippen LogP contribution is -2.36. The van der Waals surface area contributed by atoms with Crippen LogP contribution in [0.5, 0.6) is 0 Å². The molecular weight excluding hydrogens is 320 g/mol. The van der Waals surface area contributed by atoms with E-state index >= 15 is 0 Å². The summed E-state index contributed by atoms with van der Waals surface area (Å²) in [5.74, 6) is 0.113. The number of rotatable bonds is 1. The Labute approximate surface area is 119 Å². The zero-order chi connectivity index (χ0) is 12.3. The number of aromatic nitrogens is 1. The molecule has 1 aromatic heterocycles. The molecule has 2 rings (SSSR count). The summed E-state index contributed by atoms with van der Waals surface area (Å²) >= 11 is 3.01. The normalized spacial score (nSPS) is 10.9. The van der Waals surface area contributed by atoms with Crippen LogP contribution in [-0.2, 0) is 0 Å². The molecule has 3 N–H and O–H groups in total. The average molecular weight is 332 g/mol. The van der Waals surface area contributed by atoms with Gasteiger partial charge in [0.25, 0.3) is 5.91 Å². The van der Waals surface area contributed by atoms with E-state index in [9.17, 15) is 4.79 Å². The third-order valence-corrected chi connectivity index (χ3v) is 2.70. The van der Waals surface area contributed by atoms with Crippen LogP contribution in [0.15, 0.2) is 35.3 Å². The number of guanidine groups is 1. The Bertz CT molecular complexity index is 548. The fraction of sp³-hybridized carbons (Fsp3) is 0.0909. The fourth-order valence-electron chi connectivity index (χ4n) is 1.49. The maximum absolute atomic E-state index is 11.9. The first-order valence-corrected chi connectivity index (χ1v) is 5.76. The van der Waals surface area contributed by atoms with Crippen LogP contribution in [0.25, 0.3) is 10.9 Å². The van der Waals surface area contributed by atoms with Crippen LogP contribution < -0.4 is 9.66 Å². The second kappa shape index (κ2) is 6.42. The predicted molar refractivity (Wildman–Crippen MR) is 78.4 cm³/mol. The summed E-state index contributed by atoms with van der Waals surface area (Å²) < 4.78 is 2.60. The topological polar surface area (TPSA) is 69.3 Å². The van der Waals surface area contributed by atoms with Crippen molar-refractivity contribution in [3.8, 4) is 0 Å². The number of amides is 1. The quantitative estimate of drug-likeness (QED) is 0.426. The number of carbonyl (C=O) groups is 1. The smallest absolute Gasteiger partial charge is 0.274 e. The number of aromatic amines is 1. The summed E-state index contributed by atoms with van der Waals surface area (Å²) in [6, 6.07) is 9.51. The molecule has 0 aliphatic carbocycles. The molecule has 2 aromatic rings. The first kappa shape index (κ1) is 14.5. The molecule has 96 valence electrons. The number of fused-ring (bicyclic) bond motifs is 1. The minimum Gasteiger partial charge on any atom is -0.351 e. The van der Waals surface area contributed by atoms with E-state index in [-0.39, 0.29) is 18.3 Å². The van der Waals surface area contributed by atoms with Gasteiger partial charge in [0.15, 0.2) is 0 Å². The number of benzene rings is 1. The van der Waals surface area contributed by atoms with E-state index in [1.165, 1.54) is 0 Å². The summed E-state index contributed by atoms with van der Waals surface area (Å²) in [5, 5.41) is 3.61. The molecule has 0 radical (unpaired) electrons. The lowest BCUT2D eigenvalue weighted by Gasteiger charge is -2.03. The van der Waals surface area contributed by atoms with Crippen molar-refractivity contribution in [2.45, 2.75) is 0 Å². The summed E-state index contributed by atoms with van der Waals surface area (Å²) in [7, 11) is 1.58. The molecule has 0 saturated carbocycles. The van der Waals surface area contributed by atoms with E-state index in [4.69, 9.17) is 0 Å². The largest absolute Gasteiger partial charge is 0.351 e. The van der Waals surface area contributed by atoms with Crippen LogP contribution in [0.2, 0.25) is 0 Å². The van der Waals surface area contributed by atoms with Crippen molar-refractivity contribution in [3.63, 3.8) is 0 Å². The predicted octanol–water partition coefficient (Wildman–Crippen LogP) is 2.20. The van der Waals surface area contributed by atoms with Gasteiger partial charge in [-0.25, -0.2) is 0 Å². The molecule has 0 aliphatic heterocycles. The standard InChI is InChI=1S/C11H11BrN4O.ClH/c1-13-11(16-12)15-10(17)9-6-7-4-2-3-5-8(7)14-9;/h2-6,14H,1H3,(H2,13,15,16,17);1H. The Hall–Kier alpha value is -1.53. The van der Waals surface area contributed by atoms with Gasteiger partial charge in [-0.05, 0) is 12.1 Å². The molecule has 5 nitrogen and oxygen atoms in total. The number of para-hydroxylation sites is 1. The van der Waals surface area contributed by atoms with Crippen molar-refractivity contribution in [1.29, 1.82) is 0 Å². The fourth-order valence-corrected chi connectivity index (χ4v) is 1.77. The van der Waals surface area contributed by atoms with Gasteiger partial charge < -0.3 is 4.98 Å². The lowest BCUT2D eigenvalue weighted by atomic mass is 10.2. The highest BCUT2D eigenvalue weighted by atomic mass is 79.9. The van der Waals surface area contributed by atoms with Gasteiger partial charge in [0.2, 0.25) is 5.96 Å². The second-order valence-electron chi connectivity index (χ2n) is 3.39. The molecular formula is C11H12BrClN4O. The van der Waals surface area contributed by atoms with E-state index in [1.807, 2.05) is 24.3 Å². The van der Waals surface area contributed by atoms with Crippen LogP contribution in [0.3, 0.4) is 0 Å². The van der Waals surface area contributed by atoms with E-state index < -0.39 is 0 Å². The summed E-state index contributed by atoms with van der Waals surface area (Å²) in [6.45, 7) is 0. The van der Waals surface area contributed by atoms with Crippen molar-refractivity contribution in [3.05, 3.63) is 36.0 Å². The molecule has 0 bridgehead atoms. The van der Waals surface area contributed by atoms with Crippen LogP contribution in [0.1, 0.15) is 10.5 Å². The number of hydrogen-bond donors (Lipinski definition) is 3. The van der Waals surface area contributed by atoms with Crippen LogP contribution in [0.4, 0.5) is 0 Å². The highest BCUT2D eigenvalue weighted by molar-refractivity contribution is 9.08. The Kier molecular flexibility index (Phi) is 5.18. The molecule has 0 aliphatic rings. The Morgan fingerprint density at radius 1 is 1.39 bits per heavy atom.